The topological polar surface area (TPSA) is 49.4 Å². The van der Waals surface area contributed by atoms with Crippen molar-refractivity contribution in [3.05, 3.63) is 24.3 Å². The fourth-order valence-corrected chi connectivity index (χ4v) is 3.86. The maximum atomic E-state index is 12.4. The van der Waals surface area contributed by atoms with Crippen LogP contribution in [0, 0.1) is 11.8 Å². The minimum absolute atomic E-state index is 0.378. The highest BCUT2D eigenvalue weighted by atomic mass is 32.2. The van der Waals surface area contributed by atoms with Crippen molar-refractivity contribution in [2.24, 2.45) is 11.8 Å². The standard InChI is InChI=1S/C13H20N2O2S/c1-10-8-15(9-11(10)2)18(16,17)13-6-4-12(14-3)5-7-13/h4-7,10-11,14H,8-9H2,1-3H3. The summed E-state index contributed by atoms with van der Waals surface area (Å²) < 4.78 is 26.5. The number of nitrogens with zero attached hydrogens (tertiary/aromatic N) is 1. The molecular weight excluding hydrogens is 248 g/mol. The third-order valence-corrected chi connectivity index (χ3v) is 5.58. The molecule has 1 saturated heterocycles. The average molecular weight is 268 g/mol. The Morgan fingerprint density at radius 1 is 1.11 bits per heavy atom. The van der Waals surface area contributed by atoms with E-state index in [1.54, 1.807) is 28.6 Å². The van der Waals surface area contributed by atoms with E-state index in [9.17, 15) is 8.42 Å². The molecule has 0 aromatic heterocycles. The summed E-state index contributed by atoms with van der Waals surface area (Å²) in [7, 11) is -1.51. The number of benzene rings is 1. The first-order chi connectivity index (χ1) is 8.45. The number of anilines is 1. The van der Waals surface area contributed by atoms with Gasteiger partial charge in [-0.05, 0) is 36.1 Å². The second kappa shape index (κ2) is 4.90. The molecule has 0 bridgehead atoms. The van der Waals surface area contributed by atoms with Crippen LogP contribution in [0.5, 0.6) is 0 Å². The summed E-state index contributed by atoms with van der Waals surface area (Å²) in [5.74, 6) is 0.854. The first-order valence-corrected chi connectivity index (χ1v) is 7.67. The third kappa shape index (κ3) is 2.37. The quantitative estimate of drug-likeness (QED) is 0.912. The molecular formula is C13H20N2O2S. The molecule has 1 aromatic carbocycles. The van der Waals surface area contributed by atoms with Gasteiger partial charge in [0.25, 0.3) is 0 Å². The van der Waals surface area contributed by atoms with Crippen LogP contribution in [0.3, 0.4) is 0 Å². The molecule has 0 spiro atoms. The molecule has 2 atom stereocenters. The van der Waals surface area contributed by atoms with Crippen molar-refractivity contribution < 1.29 is 8.42 Å². The SMILES string of the molecule is CNc1ccc(S(=O)(=O)N2CC(C)C(C)C2)cc1. The van der Waals surface area contributed by atoms with Crippen LogP contribution in [-0.4, -0.2) is 32.9 Å². The summed E-state index contributed by atoms with van der Waals surface area (Å²) in [6.07, 6.45) is 0. The van der Waals surface area contributed by atoms with Gasteiger partial charge in [-0.25, -0.2) is 8.42 Å². The van der Waals surface area contributed by atoms with Crippen LogP contribution in [0.15, 0.2) is 29.2 Å². The van der Waals surface area contributed by atoms with Gasteiger partial charge in [-0.1, -0.05) is 13.8 Å². The summed E-state index contributed by atoms with van der Waals surface area (Å²) in [5, 5.41) is 2.98. The lowest BCUT2D eigenvalue weighted by atomic mass is 10.0. The van der Waals surface area contributed by atoms with E-state index in [1.165, 1.54) is 0 Å². The van der Waals surface area contributed by atoms with Gasteiger partial charge in [0.05, 0.1) is 4.90 Å². The van der Waals surface area contributed by atoms with Crippen molar-refractivity contribution in [3.63, 3.8) is 0 Å². The van der Waals surface area contributed by atoms with Gasteiger partial charge in [0.2, 0.25) is 10.0 Å². The van der Waals surface area contributed by atoms with Crippen molar-refractivity contribution in [1.29, 1.82) is 0 Å². The van der Waals surface area contributed by atoms with Crippen LogP contribution in [0.25, 0.3) is 0 Å². The number of nitrogens with one attached hydrogen (secondary N) is 1. The van der Waals surface area contributed by atoms with Crippen LogP contribution < -0.4 is 5.32 Å². The molecule has 2 rings (SSSR count). The van der Waals surface area contributed by atoms with Gasteiger partial charge in [0.15, 0.2) is 0 Å². The Kier molecular flexibility index (Phi) is 3.64. The Morgan fingerprint density at radius 2 is 1.61 bits per heavy atom. The van der Waals surface area contributed by atoms with Gasteiger partial charge in [-0.15, -0.1) is 0 Å². The molecule has 4 nitrogen and oxygen atoms in total. The van der Waals surface area contributed by atoms with Gasteiger partial charge < -0.3 is 5.32 Å². The van der Waals surface area contributed by atoms with Gasteiger partial charge in [0.1, 0.15) is 0 Å². The second-order valence-corrected chi connectivity index (χ2v) is 6.99. The van der Waals surface area contributed by atoms with Gasteiger partial charge in [0, 0.05) is 25.8 Å². The number of hydrogen-bond acceptors (Lipinski definition) is 3. The van der Waals surface area contributed by atoms with Crippen LogP contribution in [0.4, 0.5) is 5.69 Å². The van der Waals surface area contributed by atoms with Crippen molar-refractivity contribution in [1.82, 2.24) is 4.31 Å². The van der Waals surface area contributed by atoms with Crippen LogP contribution in [-0.2, 0) is 10.0 Å². The molecule has 100 valence electrons. The van der Waals surface area contributed by atoms with Gasteiger partial charge >= 0.3 is 0 Å². The zero-order chi connectivity index (χ0) is 13.3. The second-order valence-electron chi connectivity index (χ2n) is 5.05. The van der Waals surface area contributed by atoms with E-state index >= 15 is 0 Å². The van der Waals surface area contributed by atoms with Gasteiger partial charge in [-0.3, -0.25) is 0 Å². The van der Waals surface area contributed by atoms with E-state index < -0.39 is 10.0 Å². The maximum absolute atomic E-state index is 12.4. The molecule has 1 aromatic rings. The number of hydrogen-bond donors (Lipinski definition) is 1. The zero-order valence-electron chi connectivity index (χ0n) is 11.1. The first-order valence-electron chi connectivity index (χ1n) is 6.23. The van der Waals surface area contributed by atoms with Crippen LogP contribution in [0.1, 0.15) is 13.8 Å². The Bertz CT molecular complexity index is 500. The lowest BCUT2D eigenvalue weighted by Crippen LogP contribution is -2.29. The molecule has 1 heterocycles. The lowest BCUT2D eigenvalue weighted by molar-refractivity contribution is 0.463. The summed E-state index contributed by atoms with van der Waals surface area (Å²) in [5.41, 5.74) is 0.914. The van der Waals surface area contributed by atoms with E-state index in [1.807, 2.05) is 7.05 Å². The molecule has 18 heavy (non-hydrogen) atoms. The summed E-state index contributed by atoms with van der Waals surface area (Å²) in [6.45, 7) is 5.45. The fourth-order valence-electron chi connectivity index (χ4n) is 2.22. The number of rotatable bonds is 3. The van der Waals surface area contributed by atoms with E-state index in [0.29, 0.717) is 29.8 Å². The molecule has 0 aliphatic carbocycles. The Labute approximate surface area is 109 Å². The van der Waals surface area contributed by atoms with E-state index in [0.717, 1.165) is 5.69 Å². The smallest absolute Gasteiger partial charge is 0.243 e. The molecule has 1 aliphatic heterocycles. The van der Waals surface area contributed by atoms with Crippen molar-refractivity contribution in [3.8, 4) is 0 Å². The Hall–Kier alpha value is -1.07. The predicted molar refractivity (Wildman–Crippen MR) is 73.1 cm³/mol. The molecule has 0 amide bonds. The van der Waals surface area contributed by atoms with Crippen molar-refractivity contribution in [2.75, 3.05) is 25.5 Å². The van der Waals surface area contributed by atoms with E-state index in [2.05, 4.69) is 19.2 Å². The molecule has 0 saturated carbocycles. The maximum Gasteiger partial charge on any atom is 0.243 e. The van der Waals surface area contributed by atoms with E-state index in [-0.39, 0.29) is 0 Å². The minimum atomic E-state index is -3.32. The molecule has 1 N–H and O–H groups in total. The van der Waals surface area contributed by atoms with Crippen molar-refractivity contribution in [2.45, 2.75) is 18.7 Å². The van der Waals surface area contributed by atoms with E-state index in [4.69, 9.17) is 0 Å². The van der Waals surface area contributed by atoms with Crippen LogP contribution in [0.2, 0.25) is 0 Å². The largest absolute Gasteiger partial charge is 0.388 e. The third-order valence-electron chi connectivity index (χ3n) is 3.74. The Morgan fingerprint density at radius 3 is 2.06 bits per heavy atom. The van der Waals surface area contributed by atoms with Crippen LogP contribution >= 0.6 is 0 Å². The average Bonchev–Trinajstić information content (AvgIpc) is 2.70. The molecule has 2 unspecified atom stereocenters. The highest BCUT2D eigenvalue weighted by Gasteiger charge is 2.34. The summed E-state index contributed by atoms with van der Waals surface area (Å²) >= 11 is 0. The monoisotopic (exact) mass is 268 g/mol. The highest BCUT2D eigenvalue weighted by Crippen LogP contribution is 2.28. The normalized spacial score (nSPS) is 25.3. The first kappa shape index (κ1) is 13.4. The van der Waals surface area contributed by atoms with Crippen molar-refractivity contribution >= 4 is 15.7 Å². The molecule has 1 fully saturated rings. The molecule has 5 heteroatoms. The Balaban J connectivity index is 2.25. The fraction of sp³-hybridized carbons (Fsp3) is 0.538. The molecule has 0 radical (unpaired) electrons. The predicted octanol–water partition coefficient (Wildman–Crippen LogP) is 2.00. The minimum Gasteiger partial charge on any atom is -0.388 e. The summed E-state index contributed by atoms with van der Waals surface area (Å²) in [6, 6.07) is 6.90. The zero-order valence-corrected chi connectivity index (χ0v) is 11.9. The summed E-state index contributed by atoms with van der Waals surface area (Å²) in [4.78, 5) is 0.378. The highest BCUT2D eigenvalue weighted by molar-refractivity contribution is 7.89. The lowest BCUT2D eigenvalue weighted by Gasteiger charge is -2.16. The van der Waals surface area contributed by atoms with Gasteiger partial charge in [-0.2, -0.15) is 4.31 Å². The number of sulfonamides is 1. The molecule has 1 aliphatic rings.